The second-order valence-corrected chi connectivity index (χ2v) is 2.75. The molecular weight excluding hydrogens is 172 g/mol. The average Bonchev–Trinajstić information content (AvgIpc) is 2.25. The second kappa shape index (κ2) is 6.91. The van der Waals surface area contributed by atoms with Crippen LogP contribution in [0.3, 0.4) is 0 Å². The number of benzene rings is 1. The lowest BCUT2D eigenvalue weighted by atomic mass is 10.2. The highest BCUT2D eigenvalue weighted by atomic mass is 16.4. The first kappa shape index (κ1) is 10.5. The van der Waals surface area contributed by atoms with Crippen LogP contribution >= 0.6 is 0 Å². The van der Waals surface area contributed by atoms with E-state index in [2.05, 4.69) is 18.1 Å². The molecule has 72 valence electrons. The largest absolute Gasteiger partial charge is 0.457 e. The van der Waals surface area contributed by atoms with Gasteiger partial charge in [0.25, 0.3) is 0 Å². The average molecular weight is 186 g/mol. The van der Waals surface area contributed by atoms with Gasteiger partial charge in [-0.2, -0.15) is 0 Å². The first-order valence-electron chi connectivity index (χ1n) is 4.82. The third kappa shape index (κ3) is 4.47. The maximum atomic E-state index is 4.97. The lowest BCUT2D eigenvalue weighted by molar-refractivity contribution is 0.121. The van der Waals surface area contributed by atoms with Crippen molar-refractivity contribution >= 4 is 6.29 Å². The van der Waals surface area contributed by atoms with E-state index in [1.165, 1.54) is 0 Å². The predicted molar refractivity (Wildman–Crippen MR) is 58.8 cm³/mol. The summed E-state index contributed by atoms with van der Waals surface area (Å²) in [5, 5.41) is 0. The van der Waals surface area contributed by atoms with Gasteiger partial charge in [0.15, 0.2) is 0 Å². The molecule has 0 aliphatic carbocycles. The molecule has 0 radical (unpaired) electrons. The molecule has 14 heavy (non-hydrogen) atoms. The van der Waals surface area contributed by atoms with E-state index in [9.17, 15) is 0 Å². The van der Waals surface area contributed by atoms with Crippen LogP contribution in [0.15, 0.2) is 30.3 Å². The summed E-state index contributed by atoms with van der Waals surface area (Å²) in [5.41, 5.74) is 1.06. The van der Waals surface area contributed by atoms with Gasteiger partial charge in [-0.3, -0.25) is 0 Å². The molecule has 0 aliphatic heterocycles. The Morgan fingerprint density at radius 1 is 1.29 bits per heavy atom. The normalized spacial score (nSPS) is 9.79. The van der Waals surface area contributed by atoms with E-state index in [1.807, 2.05) is 37.3 Å². The van der Waals surface area contributed by atoms with E-state index in [0.717, 1.165) is 18.4 Å². The van der Waals surface area contributed by atoms with Crippen LogP contribution in [0.25, 0.3) is 0 Å². The Hall–Kier alpha value is -1.55. The van der Waals surface area contributed by atoms with Gasteiger partial charge in [0.05, 0.1) is 0 Å². The van der Waals surface area contributed by atoms with Crippen LogP contribution in [-0.2, 0) is 4.42 Å². The van der Waals surface area contributed by atoms with E-state index in [-0.39, 0.29) is 0 Å². The molecule has 1 aromatic carbocycles. The summed E-state index contributed by atoms with van der Waals surface area (Å²) >= 11 is 0. The van der Waals surface area contributed by atoms with E-state index in [0.29, 0.717) is 6.61 Å². The van der Waals surface area contributed by atoms with Crippen molar-refractivity contribution in [3.05, 3.63) is 35.9 Å². The van der Waals surface area contributed by atoms with Crippen molar-refractivity contribution in [2.75, 3.05) is 6.61 Å². The van der Waals surface area contributed by atoms with Crippen LogP contribution in [0.1, 0.15) is 25.3 Å². The van der Waals surface area contributed by atoms with Crippen LogP contribution in [0, 0.1) is 11.8 Å². The molecule has 0 bridgehead atoms. The third-order valence-electron chi connectivity index (χ3n) is 1.60. The van der Waals surface area contributed by atoms with Gasteiger partial charge in [-0.15, -0.1) is 5.92 Å². The molecule has 0 spiro atoms. The maximum Gasteiger partial charge on any atom is 0.215 e. The van der Waals surface area contributed by atoms with Crippen LogP contribution in [0.2, 0.25) is 0 Å². The summed E-state index contributed by atoms with van der Waals surface area (Å²) < 4.78 is 4.97. The Bertz CT molecular complexity index is 327. The smallest absolute Gasteiger partial charge is 0.215 e. The number of rotatable bonds is 3. The van der Waals surface area contributed by atoms with Gasteiger partial charge in [0.2, 0.25) is 6.61 Å². The topological polar surface area (TPSA) is 11.3 Å². The maximum absolute atomic E-state index is 4.97. The first-order valence-corrected chi connectivity index (χ1v) is 4.82. The molecule has 0 aliphatic rings. The van der Waals surface area contributed by atoms with E-state index < -0.39 is 0 Å². The molecule has 0 amide bonds. The monoisotopic (exact) mass is 186 g/mol. The van der Waals surface area contributed by atoms with Gasteiger partial charge >= 0.3 is 0 Å². The second-order valence-electron chi connectivity index (χ2n) is 2.75. The van der Waals surface area contributed by atoms with Gasteiger partial charge in [0, 0.05) is 12.5 Å². The molecule has 1 aromatic rings. The molecule has 0 saturated carbocycles. The molecule has 0 aromatic heterocycles. The number of hydrogen-bond donors (Lipinski definition) is 0. The summed E-state index contributed by atoms with van der Waals surface area (Å²) in [5.74, 6) is 6.14. The highest BCUT2D eigenvalue weighted by Crippen LogP contribution is 1.95. The quantitative estimate of drug-likeness (QED) is 0.297. The van der Waals surface area contributed by atoms with Crippen LogP contribution in [0.5, 0.6) is 0 Å². The van der Waals surface area contributed by atoms with Crippen LogP contribution in [-0.4, -0.2) is 12.9 Å². The highest BCUT2D eigenvalue weighted by molar-refractivity contribution is 5.51. The zero-order chi connectivity index (χ0) is 10.1. The molecule has 0 fully saturated rings. The minimum absolute atomic E-state index is 0.687. The predicted octanol–water partition coefficient (Wildman–Crippen LogP) is 2.48. The zero-order valence-electron chi connectivity index (χ0n) is 8.42. The van der Waals surface area contributed by atoms with Gasteiger partial charge in [0.1, 0.15) is 0 Å². The van der Waals surface area contributed by atoms with Gasteiger partial charge < -0.3 is 4.42 Å². The van der Waals surface area contributed by atoms with Gasteiger partial charge in [-0.05, 0) is 24.8 Å². The molecular formula is C13H14O. The van der Waals surface area contributed by atoms with Crippen molar-refractivity contribution in [3.8, 4) is 11.8 Å². The minimum Gasteiger partial charge on any atom is -0.457 e. The SMILES string of the molecule is CC[O+]=[C-]CCC#Cc1ccccc1. The summed E-state index contributed by atoms with van der Waals surface area (Å²) in [6.45, 7) is 2.63. The van der Waals surface area contributed by atoms with Crippen molar-refractivity contribution in [2.45, 2.75) is 19.8 Å². The fraction of sp³-hybridized carbons (Fsp3) is 0.308. The Labute approximate surface area is 85.5 Å². The minimum atomic E-state index is 0.687. The first-order chi connectivity index (χ1) is 6.93. The summed E-state index contributed by atoms with van der Waals surface area (Å²) in [4.78, 5) is 0. The highest BCUT2D eigenvalue weighted by Gasteiger charge is 1.80. The van der Waals surface area contributed by atoms with Crippen LogP contribution in [0.4, 0.5) is 0 Å². The van der Waals surface area contributed by atoms with E-state index in [1.54, 1.807) is 0 Å². The number of carbonyl (C=O) groups excluding carboxylic acids is 1. The van der Waals surface area contributed by atoms with Gasteiger partial charge in [-0.25, -0.2) is 0 Å². The third-order valence-corrected chi connectivity index (χ3v) is 1.60. The molecule has 0 saturated heterocycles. The molecule has 0 atom stereocenters. The summed E-state index contributed by atoms with van der Waals surface area (Å²) in [7, 11) is 0. The summed E-state index contributed by atoms with van der Waals surface area (Å²) in [6.07, 6.45) is 4.39. The number of hydrogen-bond acceptors (Lipinski definition) is 0. The Morgan fingerprint density at radius 2 is 2.07 bits per heavy atom. The van der Waals surface area contributed by atoms with Crippen molar-refractivity contribution in [2.24, 2.45) is 0 Å². The van der Waals surface area contributed by atoms with Crippen molar-refractivity contribution in [1.29, 1.82) is 0 Å². The van der Waals surface area contributed by atoms with Crippen LogP contribution < -0.4 is 0 Å². The molecule has 1 rings (SSSR count). The van der Waals surface area contributed by atoms with Crippen molar-refractivity contribution in [1.82, 2.24) is 0 Å². The van der Waals surface area contributed by atoms with E-state index >= 15 is 0 Å². The zero-order valence-corrected chi connectivity index (χ0v) is 8.42. The Balaban J connectivity index is 2.31. The fourth-order valence-electron chi connectivity index (χ4n) is 0.974. The molecule has 0 heterocycles. The Kier molecular flexibility index (Phi) is 5.20. The standard InChI is InChI=1S/C13H14O/c1-2-14-12-8-4-7-11-13-9-5-3-6-10-13/h3,5-6,9-10H,2,4,8H2,1H3. The van der Waals surface area contributed by atoms with Crippen molar-refractivity contribution < 1.29 is 4.42 Å². The lowest BCUT2D eigenvalue weighted by Gasteiger charge is -1.88. The fourth-order valence-corrected chi connectivity index (χ4v) is 0.974. The molecule has 0 N–H and O–H groups in total. The Morgan fingerprint density at radius 3 is 2.79 bits per heavy atom. The van der Waals surface area contributed by atoms with E-state index in [4.69, 9.17) is 4.42 Å². The number of unbranched alkanes of at least 4 members (excludes halogenated alkanes) is 1. The molecule has 1 heteroatoms. The van der Waals surface area contributed by atoms with Crippen molar-refractivity contribution in [3.63, 3.8) is 0 Å². The molecule has 0 unspecified atom stereocenters. The molecule has 1 nitrogen and oxygen atoms in total. The van der Waals surface area contributed by atoms with Gasteiger partial charge in [-0.1, -0.05) is 30.5 Å². The summed E-state index contributed by atoms with van der Waals surface area (Å²) in [6, 6.07) is 9.97. The lowest BCUT2D eigenvalue weighted by Crippen LogP contribution is -1.80.